The Bertz CT molecular complexity index is 1310. The molecule has 5 rings (SSSR count). The molecule has 2 heterocycles. The number of rotatable bonds is 1. The van der Waals surface area contributed by atoms with Gasteiger partial charge in [0.05, 0.1) is 11.4 Å². The van der Waals surface area contributed by atoms with Crippen molar-refractivity contribution in [1.29, 1.82) is 0 Å². The summed E-state index contributed by atoms with van der Waals surface area (Å²) in [6.07, 6.45) is 0. The summed E-state index contributed by atoms with van der Waals surface area (Å²) in [5.41, 5.74) is 10.3. The topological polar surface area (TPSA) is 25.6 Å². The fraction of sp³-hybridized carbons (Fsp3) is 0.286. The van der Waals surface area contributed by atoms with Crippen molar-refractivity contribution >= 4 is 28.0 Å². The molecule has 0 amide bonds. The first-order valence-electron chi connectivity index (χ1n) is 10.9. The molecule has 3 nitrogen and oxygen atoms in total. The number of nitrogens with zero attached hydrogens (tertiary/aromatic N) is 1. The molecule has 31 heavy (non-hydrogen) atoms. The summed E-state index contributed by atoms with van der Waals surface area (Å²) in [7, 11) is 0. The Morgan fingerprint density at radius 3 is 2.16 bits per heavy atom. The molecule has 0 N–H and O–H groups in total. The SMILES string of the molecule is Cc1ccc2c(c1)Oc1oc3c(C)cccc3c1N2c1c(C)cc(C(C)(C)C)cc1C. The summed E-state index contributed by atoms with van der Waals surface area (Å²) < 4.78 is 12.6. The van der Waals surface area contributed by atoms with Crippen LogP contribution in [0.5, 0.6) is 11.7 Å². The van der Waals surface area contributed by atoms with Crippen LogP contribution in [-0.4, -0.2) is 0 Å². The number of hydrogen-bond acceptors (Lipinski definition) is 3. The molecule has 0 bridgehead atoms. The Labute approximate surface area is 184 Å². The van der Waals surface area contributed by atoms with Crippen molar-refractivity contribution in [2.75, 3.05) is 4.90 Å². The summed E-state index contributed by atoms with van der Waals surface area (Å²) in [5, 5.41) is 1.07. The number of benzene rings is 3. The number of ether oxygens (including phenoxy) is 1. The number of furan rings is 1. The van der Waals surface area contributed by atoms with Crippen LogP contribution in [0.3, 0.4) is 0 Å². The standard InChI is InChI=1S/C28H29NO2/c1-16-11-12-22-23(13-16)30-27-25(21-10-8-9-17(2)26(21)31-27)29(22)24-18(3)14-20(15-19(24)4)28(5,6)7/h8-15H,1-7H3. The Morgan fingerprint density at radius 1 is 0.774 bits per heavy atom. The Morgan fingerprint density at radius 2 is 1.48 bits per heavy atom. The molecule has 158 valence electrons. The minimum absolute atomic E-state index is 0.0959. The molecule has 3 heteroatoms. The van der Waals surface area contributed by atoms with Crippen LogP contribution < -0.4 is 9.64 Å². The second kappa shape index (κ2) is 6.65. The van der Waals surface area contributed by atoms with E-state index in [2.05, 4.69) is 102 Å². The summed E-state index contributed by atoms with van der Waals surface area (Å²) in [4.78, 5) is 2.33. The molecule has 0 atom stereocenters. The number of hydrogen-bond donors (Lipinski definition) is 0. The predicted octanol–water partition coefficient (Wildman–Crippen LogP) is 8.54. The summed E-state index contributed by atoms with van der Waals surface area (Å²) in [5.74, 6) is 1.38. The number of para-hydroxylation sites is 1. The third-order valence-corrected chi connectivity index (χ3v) is 6.22. The van der Waals surface area contributed by atoms with E-state index >= 15 is 0 Å². The summed E-state index contributed by atoms with van der Waals surface area (Å²) in [6, 6.07) is 17.3. The largest absolute Gasteiger partial charge is 0.423 e. The van der Waals surface area contributed by atoms with E-state index in [4.69, 9.17) is 9.15 Å². The van der Waals surface area contributed by atoms with Gasteiger partial charge in [0.25, 0.3) is 0 Å². The zero-order valence-electron chi connectivity index (χ0n) is 19.4. The maximum atomic E-state index is 6.30. The fourth-order valence-corrected chi connectivity index (χ4v) is 4.59. The summed E-state index contributed by atoms with van der Waals surface area (Å²) >= 11 is 0. The zero-order chi connectivity index (χ0) is 22.1. The molecule has 1 aliphatic rings. The smallest absolute Gasteiger partial charge is 0.316 e. The van der Waals surface area contributed by atoms with Gasteiger partial charge in [-0.15, -0.1) is 0 Å². The van der Waals surface area contributed by atoms with Crippen LogP contribution in [0.25, 0.3) is 11.0 Å². The number of fused-ring (bicyclic) bond motifs is 4. The van der Waals surface area contributed by atoms with Crippen molar-refractivity contribution in [1.82, 2.24) is 0 Å². The van der Waals surface area contributed by atoms with Gasteiger partial charge in [0.15, 0.2) is 5.75 Å². The van der Waals surface area contributed by atoms with Crippen LogP contribution in [0.2, 0.25) is 0 Å². The normalized spacial score (nSPS) is 13.2. The van der Waals surface area contributed by atoms with Crippen LogP contribution in [0, 0.1) is 27.7 Å². The third-order valence-electron chi connectivity index (χ3n) is 6.22. The van der Waals surface area contributed by atoms with Gasteiger partial charge in [-0.2, -0.15) is 0 Å². The van der Waals surface area contributed by atoms with E-state index in [-0.39, 0.29) is 5.41 Å². The first-order chi connectivity index (χ1) is 14.6. The number of aryl methyl sites for hydroxylation is 4. The van der Waals surface area contributed by atoms with Crippen LogP contribution in [0.1, 0.15) is 48.6 Å². The van der Waals surface area contributed by atoms with Gasteiger partial charge in [0, 0.05) is 5.39 Å². The van der Waals surface area contributed by atoms with E-state index in [9.17, 15) is 0 Å². The Kier molecular flexibility index (Phi) is 4.23. The maximum absolute atomic E-state index is 6.30. The van der Waals surface area contributed by atoms with E-state index in [1.54, 1.807) is 0 Å². The van der Waals surface area contributed by atoms with Gasteiger partial charge in [0.1, 0.15) is 11.3 Å². The average Bonchev–Trinajstić information content (AvgIpc) is 3.05. The second-order valence-corrected chi connectivity index (χ2v) is 9.81. The van der Waals surface area contributed by atoms with Gasteiger partial charge < -0.3 is 9.15 Å². The van der Waals surface area contributed by atoms with Crippen molar-refractivity contribution < 1.29 is 9.15 Å². The van der Waals surface area contributed by atoms with Crippen molar-refractivity contribution in [2.24, 2.45) is 0 Å². The first kappa shape index (κ1) is 19.7. The first-order valence-corrected chi connectivity index (χ1v) is 10.9. The van der Waals surface area contributed by atoms with Gasteiger partial charge in [-0.1, -0.05) is 51.1 Å². The highest BCUT2D eigenvalue weighted by atomic mass is 16.6. The highest BCUT2D eigenvalue weighted by molar-refractivity contribution is 6.03. The zero-order valence-corrected chi connectivity index (χ0v) is 19.4. The minimum Gasteiger partial charge on any atom is -0.423 e. The Hall–Kier alpha value is -3.20. The molecule has 0 saturated carbocycles. The van der Waals surface area contributed by atoms with Crippen LogP contribution >= 0.6 is 0 Å². The number of anilines is 3. The van der Waals surface area contributed by atoms with Crippen molar-refractivity contribution in [2.45, 2.75) is 53.9 Å². The molecule has 0 aliphatic carbocycles. The minimum atomic E-state index is 0.0959. The highest BCUT2D eigenvalue weighted by Crippen LogP contribution is 2.56. The van der Waals surface area contributed by atoms with E-state index in [1.165, 1.54) is 22.4 Å². The predicted molar refractivity (Wildman–Crippen MR) is 129 cm³/mol. The summed E-state index contributed by atoms with van der Waals surface area (Å²) in [6.45, 7) is 15.4. The molecule has 0 fully saturated rings. The monoisotopic (exact) mass is 411 g/mol. The van der Waals surface area contributed by atoms with Gasteiger partial charge in [-0.25, -0.2) is 0 Å². The molecule has 0 spiro atoms. The third kappa shape index (κ3) is 3.03. The quantitative estimate of drug-likeness (QED) is 0.276. The average molecular weight is 412 g/mol. The lowest BCUT2D eigenvalue weighted by atomic mass is 9.84. The van der Waals surface area contributed by atoms with Crippen LogP contribution in [0.15, 0.2) is 52.9 Å². The van der Waals surface area contributed by atoms with E-state index < -0.39 is 0 Å². The van der Waals surface area contributed by atoms with Crippen molar-refractivity contribution in [3.63, 3.8) is 0 Å². The van der Waals surface area contributed by atoms with Crippen LogP contribution in [-0.2, 0) is 5.41 Å². The van der Waals surface area contributed by atoms with Gasteiger partial charge in [-0.3, -0.25) is 4.90 Å². The molecule has 0 radical (unpaired) electrons. The molecule has 1 aliphatic heterocycles. The van der Waals surface area contributed by atoms with Gasteiger partial charge in [0.2, 0.25) is 0 Å². The van der Waals surface area contributed by atoms with Gasteiger partial charge >= 0.3 is 5.95 Å². The molecule has 0 saturated heterocycles. The molecule has 4 aromatic rings. The second-order valence-electron chi connectivity index (χ2n) is 9.81. The fourth-order valence-electron chi connectivity index (χ4n) is 4.59. The molecular formula is C28H29NO2. The van der Waals surface area contributed by atoms with Crippen molar-refractivity contribution in [3.8, 4) is 11.7 Å². The lowest BCUT2D eigenvalue weighted by molar-refractivity contribution is 0.357. The van der Waals surface area contributed by atoms with Crippen LogP contribution in [0.4, 0.5) is 17.1 Å². The lowest BCUT2D eigenvalue weighted by Crippen LogP contribution is -2.19. The van der Waals surface area contributed by atoms with Crippen molar-refractivity contribution in [3.05, 3.63) is 76.3 Å². The Balaban J connectivity index is 1.84. The van der Waals surface area contributed by atoms with Gasteiger partial charge in [-0.05, 0) is 79.1 Å². The molecule has 1 aromatic heterocycles. The molecular weight excluding hydrogens is 382 g/mol. The van der Waals surface area contributed by atoms with E-state index in [0.29, 0.717) is 5.95 Å². The maximum Gasteiger partial charge on any atom is 0.316 e. The highest BCUT2D eigenvalue weighted by Gasteiger charge is 2.33. The lowest BCUT2D eigenvalue weighted by Gasteiger charge is -2.33. The molecule has 0 unspecified atom stereocenters. The van der Waals surface area contributed by atoms with E-state index in [1.807, 2.05) is 0 Å². The van der Waals surface area contributed by atoms with E-state index in [0.717, 1.165) is 39.2 Å². The molecule has 3 aromatic carbocycles.